The third kappa shape index (κ3) is 5.16. The molecule has 2 saturated heterocycles. The number of aromatic hydroxyl groups is 1. The largest absolute Gasteiger partial charge is 0.507 e. The highest BCUT2D eigenvalue weighted by Crippen LogP contribution is 2.33. The van der Waals surface area contributed by atoms with Crippen LogP contribution in [0, 0.1) is 12.8 Å². The van der Waals surface area contributed by atoms with Gasteiger partial charge in [0.05, 0.1) is 11.1 Å². The number of phenolic OH excluding ortho intramolecular Hbond substituents is 1. The molecule has 2 aromatic carbocycles. The van der Waals surface area contributed by atoms with Gasteiger partial charge in [0.25, 0.3) is 0 Å². The van der Waals surface area contributed by atoms with Crippen molar-refractivity contribution >= 4 is 23.1 Å². The summed E-state index contributed by atoms with van der Waals surface area (Å²) in [4.78, 5) is 22.4. The Labute approximate surface area is 188 Å². The van der Waals surface area contributed by atoms with Crippen molar-refractivity contribution in [3.63, 3.8) is 0 Å². The summed E-state index contributed by atoms with van der Waals surface area (Å²) in [6.45, 7) is 6.43. The number of phenols is 1. The van der Waals surface area contributed by atoms with Crippen LogP contribution < -0.4 is 10.2 Å². The number of carbonyl (C=O) groups excluding carboxylic acids is 1. The first-order chi connectivity index (χ1) is 15.7. The van der Waals surface area contributed by atoms with Crippen LogP contribution in [0.2, 0.25) is 0 Å². The van der Waals surface area contributed by atoms with Crippen molar-refractivity contribution in [3.8, 4) is 17.1 Å². The first-order valence-electron chi connectivity index (χ1n) is 11.2. The standard InChI is InChI=1S/C21H22N4O2.C4H8O/c1-14-6-7-16-18(10-14)23-20(17-4-2-3-5-19(17)27)24-21(16)25-9-8-15(12-25)11-22-13-26;1-2-4-5-3-1/h2-7,10,13,15,27H,8-9,11-12H2,1H3,(H,22,26);1-4H2. The summed E-state index contributed by atoms with van der Waals surface area (Å²) in [7, 11) is 0. The van der Waals surface area contributed by atoms with Gasteiger partial charge in [-0.3, -0.25) is 4.79 Å². The SMILES string of the molecule is C1CCOC1.Cc1ccc2c(N3CCC(CNC=O)C3)nc(-c3ccccc3O)nc2c1. The second-order valence-corrected chi connectivity index (χ2v) is 8.35. The summed E-state index contributed by atoms with van der Waals surface area (Å²) in [5, 5.41) is 14.0. The van der Waals surface area contributed by atoms with E-state index in [0.29, 0.717) is 23.9 Å². The number of nitrogens with one attached hydrogen (secondary N) is 1. The molecule has 1 aromatic heterocycles. The van der Waals surface area contributed by atoms with Crippen LogP contribution in [0.5, 0.6) is 5.75 Å². The monoisotopic (exact) mass is 434 g/mol. The molecule has 3 heterocycles. The number of ether oxygens (including phenoxy) is 1. The Morgan fingerprint density at radius 2 is 2.00 bits per heavy atom. The molecule has 1 unspecified atom stereocenters. The van der Waals surface area contributed by atoms with Crippen LogP contribution in [-0.2, 0) is 9.53 Å². The molecule has 2 fully saturated rings. The van der Waals surface area contributed by atoms with E-state index in [0.717, 1.165) is 61.4 Å². The highest BCUT2D eigenvalue weighted by molar-refractivity contribution is 5.92. The Kier molecular flexibility index (Phi) is 7.17. The van der Waals surface area contributed by atoms with Crippen molar-refractivity contribution in [2.75, 3.05) is 37.7 Å². The first kappa shape index (κ1) is 22.0. The number of benzene rings is 2. The highest BCUT2D eigenvalue weighted by Gasteiger charge is 2.25. The molecule has 0 aliphatic carbocycles. The van der Waals surface area contributed by atoms with Gasteiger partial charge >= 0.3 is 0 Å². The summed E-state index contributed by atoms with van der Waals surface area (Å²) < 4.78 is 4.94. The molecule has 2 aliphatic heterocycles. The fourth-order valence-corrected chi connectivity index (χ4v) is 4.16. The van der Waals surface area contributed by atoms with Crippen LogP contribution in [0.1, 0.15) is 24.8 Å². The lowest BCUT2D eigenvalue weighted by Gasteiger charge is -2.20. The minimum absolute atomic E-state index is 0.171. The maximum atomic E-state index is 10.6. The number of nitrogens with zero attached hydrogens (tertiary/aromatic N) is 3. The summed E-state index contributed by atoms with van der Waals surface area (Å²) in [5.74, 6) is 1.98. The second-order valence-electron chi connectivity index (χ2n) is 8.35. The number of rotatable bonds is 5. The third-order valence-corrected chi connectivity index (χ3v) is 5.88. The van der Waals surface area contributed by atoms with Crippen LogP contribution in [0.3, 0.4) is 0 Å². The van der Waals surface area contributed by atoms with Crippen LogP contribution >= 0.6 is 0 Å². The van der Waals surface area contributed by atoms with Gasteiger partial charge in [-0.1, -0.05) is 18.2 Å². The Morgan fingerprint density at radius 1 is 1.19 bits per heavy atom. The Morgan fingerprint density at radius 3 is 2.72 bits per heavy atom. The van der Waals surface area contributed by atoms with E-state index in [1.807, 2.05) is 25.1 Å². The molecular weight excluding hydrogens is 404 g/mol. The van der Waals surface area contributed by atoms with Gasteiger partial charge in [-0.15, -0.1) is 0 Å². The molecule has 0 saturated carbocycles. The van der Waals surface area contributed by atoms with E-state index in [1.165, 1.54) is 12.8 Å². The average molecular weight is 435 g/mol. The lowest BCUT2D eigenvalue weighted by molar-refractivity contribution is -0.109. The van der Waals surface area contributed by atoms with Gasteiger partial charge < -0.3 is 20.1 Å². The summed E-state index contributed by atoms with van der Waals surface area (Å²) in [5.41, 5.74) is 2.62. The molecule has 0 radical (unpaired) electrons. The number of anilines is 1. The zero-order chi connectivity index (χ0) is 22.3. The number of hydrogen-bond acceptors (Lipinski definition) is 6. The van der Waals surface area contributed by atoms with E-state index in [1.54, 1.807) is 12.1 Å². The summed E-state index contributed by atoms with van der Waals surface area (Å²) in [6.07, 6.45) is 4.31. The van der Waals surface area contributed by atoms with Gasteiger partial charge in [-0.2, -0.15) is 0 Å². The predicted molar refractivity (Wildman–Crippen MR) is 126 cm³/mol. The van der Waals surface area contributed by atoms with Crippen LogP contribution in [0.15, 0.2) is 42.5 Å². The Balaban J connectivity index is 0.000000433. The molecule has 7 nitrogen and oxygen atoms in total. The fraction of sp³-hybridized carbons (Fsp3) is 0.400. The molecule has 0 bridgehead atoms. The number of amides is 1. The van der Waals surface area contributed by atoms with E-state index < -0.39 is 0 Å². The maximum Gasteiger partial charge on any atom is 0.207 e. The molecule has 168 valence electrons. The van der Waals surface area contributed by atoms with Crippen LogP contribution in [0.4, 0.5) is 5.82 Å². The molecule has 2 N–H and O–H groups in total. The minimum Gasteiger partial charge on any atom is -0.507 e. The number of carbonyl (C=O) groups is 1. The van der Waals surface area contributed by atoms with E-state index in [2.05, 4.69) is 22.3 Å². The van der Waals surface area contributed by atoms with E-state index in [9.17, 15) is 9.90 Å². The highest BCUT2D eigenvalue weighted by atomic mass is 16.5. The molecular formula is C25H30N4O3. The summed E-state index contributed by atoms with van der Waals surface area (Å²) in [6, 6.07) is 13.3. The maximum absolute atomic E-state index is 10.6. The molecule has 3 aromatic rings. The lowest BCUT2D eigenvalue weighted by Crippen LogP contribution is -2.26. The van der Waals surface area contributed by atoms with Crippen molar-refractivity contribution in [2.24, 2.45) is 5.92 Å². The van der Waals surface area contributed by atoms with E-state index in [-0.39, 0.29) is 5.75 Å². The van der Waals surface area contributed by atoms with E-state index >= 15 is 0 Å². The number of para-hydroxylation sites is 1. The van der Waals surface area contributed by atoms with Crippen LogP contribution in [0.25, 0.3) is 22.3 Å². The number of aryl methyl sites for hydroxylation is 1. The van der Waals surface area contributed by atoms with Gasteiger partial charge in [0.1, 0.15) is 11.6 Å². The van der Waals surface area contributed by atoms with Crippen molar-refractivity contribution < 1.29 is 14.6 Å². The fourth-order valence-electron chi connectivity index (χ4n) is 4.16. The quantitative estimate of drug-likeness (QED) is 0.596. The topological polar surface area (TPSA) is 87.6 Å². The first-order valence-corrected chi connectivity index (χ1v) is 11.2. The van der Waals surface area contributed by atoms with Gasteiger partial charge in [0.2, 0.25) is 6.41 Å². The predicted octanol–water partition coefficient (Wildman–Crippen LogP) is 3.68. The van der Waals surface area contributed by atoms with Gasteiger partial charge in [0.15, 0.2) is 5.82 Å². The molecule has 1 amide bonds. The Bertz CT molecular complexity index is 1060. The van der Waals surface area contributed by atoms with Gasteiger partial charge in [-0.25, -0.2) is 9.97 Å². The Hall–Kier alpha value is -3.19. The van der Waals surface area contributed by atoms with Gasteiger partial charge in [0, 0.05) is 38.2 Å². The van der Waals surface area contributed by atoms with Crippen molar-refractivity contribution in [3.05, 3.63) is 48.0 Å². The van der Waals surface area contributed by atoms with Gasteiger partial charge in [-0.05, 0) is 61.9 Å². The molecule has 2 aliphatic rings. The molecule has 0 spiro atoms. The minimum atomic E-state index is 0.171. The van der Waals surface area contributed by atoms with Crippen molar-refractivity contribution in [1.29, 1.82) is 0 Å². The number of fused-ring (bicyclic) bond motifs is 1. The third-order valence-electron chi connectivity index (χ3n) is 5.88. The molecule has 5 rings (SSSR count). The number of aromatic nitrogens is 2. The average Bonchev–Trinajstić information content (AvgIpc) is 3.52. The van der Waals surface area contributed by atoms with Crippen molar-refractivity contribution in [2.45, 2.75) is 26.2 Å². The number of hydrogen-bond donors (Lipinski definition) is 2. The smallest absolute Gasteiger partial charge is 0.207 e. The van der Waals surface area contributed by atoms with Crippen LogP contribution in [-0.4, -0.2) is 54.3 Å². The molecule has 32 heavy (non-hydrogen) atoms. The zero-order valence-corrected chi connectivity index (χ0v) is 18.5. The van der Waals surface area contributed by atoms with E-state index in [4.69, 9.17) is 14.7 Å². The second kappa shape index (κ2) is 10.4. The summed E-state index contributed by atoms with van der Waals surface area (Å²) >= 11 is 0. The normalized spacial score (nSPS) is 17.8. The lowest BCUT2D eigenvalue weighted by atomic mass is 10.1. The molecule has 1 atom stereocenters. The molecule has 7 heteroatoms. The zero-order valence-electron chi connectivity index (χ0n) is 18.5. The van der Waals surface area contributed by atoms with Crippen molar-refractivity contribution in [1.82, 2.24) is 15.3 Å².